The van der Waals surface area contributed by atoms with Gasteiger partial charge in [-0.2, -0.15) is 5.26 Å². The van der Waals surface area contributed by atoms with E-state index in [1.165, 1.54) is 7.11 Å². The third-order valence-corrected chi connectivity index (χ3v) is 9.05. The summed E-state index contributed by atoms with van der Waals surface area (Å²) in [6, 6.07) is 15.2. The van der Waals surface area contributed by atoms with Gasteiger partial charge in [-0.05, 0) is 66.6 Å². The van der Waals surface area contributed by atoms with Crippen LogP contribution in [0.5, 0.6) is 5.75 Å². The molecular weight excluding hydrogens is 528 g/mol. The summed E-state index contributed by atoms with van der Waals surface area (Å²) >= 11 is 0. The lowest BCUT2D eigenvalue weighted by molar-refractivity contribution is 0.0594. The minimum atomic E-state index is -0.388. The van der Waals surface area contributed by atoms with E-state index in [1.807, 2.05) is 62.9 Å². The molecule has 42 heavy (non-hydrogen) atoms. The Bertz CT molecular complexity index is 1580. The fourth-order valence-electron chi connectivity index (χ4n) is 6.73. The molecule has 2 bridgehead atoms. The number of pyridine rings is 1. The minimum absolute atomic E-state index is 0.0642. The van der Waals surface area contributed by atoms with Crippen LogP contribution < -0.4 is 10.1 Å². The standard InChI is InChI=1S/C34H36N4O4/c1-19-25(20-6-8-21(9-7-20)33(40)38-17-27-28(18-38)30-11-10-29(27)42-30)14-24(16-36-19)37-32(39)26-13-23(34(2,3)4)12-22(15-35)31(26)41-5/h6-9,12-14,16,27-30H,10-11,17-18H2,1-5H3,(H,37,39). The molecule has 8 nitrogen and oxygen atoms in total. The van der Waals surface area contributed by atoms with Crippen molar-refractivity contribution in [1.29, 1.82) is 5.26 Å². The molecule has 6 rings (SSSR count). The van der Waals surface area contributed by atoms with Crippen molar-refractivity contribution in [3.63, 3.8) is 0 Å². The highest BCUT2D eigenvalue weighted by Gasteiger charge is 2.53. The molecular formula is C34H36N4O4. The fourth-order valence-corrected chi connectivity index (χ4v) is 6.73. The summed E-state index contributed by atoms with van der Waals surface area (Å²) in [5.41, 5.74) is 4.93. The highest BCUT2D eigenvalue weighted by atomic mass is 16.5. The summed E-state index contributed by atoms with van der Waals surface area (Å²) in [6.07, 6.45) is 4.49. The molecule has 0 aliphatic carbocycles. The van der Waals surface area contributed by atoms with Gasteiger partial charge >= 0.3 is 0 Å². The van der Waals surface area contributed by atoms with Crippen molar-refractivity contribution in [1.82, 2.24) is 9.88 Å². The van der Waals surface area contributed by atoms with Crippen molar-refractivity contribution < 1.29 is 19.1 Å². The fraction of sp³-hybridized carbons (Fsp3) is 0.412. The van der Waals surface area contributed by atoms with Gasteiger partial charge in [-0.3, -0.25) is 14.6 Å². The summed E-state index contributed by atoms with van der Waals surface area (Å²) < 4.78 is 11.5. The van der Waals surface area contributed by atoms with Crippen molar-refractivity contribution in [2.24, 2.45) is 11.8 Å². The molecule has 8 heteroatoms. The lowest BCUT2D eigenvalue weighted by Gasteiger charge is -2.22. The van der Waals surface area contributed by atoms with Crippen molar-refractivity contribution in [2.45, 2.75) is 58.2 Å². The number of carbonyl (C=O) groups excluding carboxylic acids is 2. The van der Waals surface area contributed by atoms with E-state index in [-0.39, 0.29) is 28.5 Å². The summed E-state index contributed by atoms with van der Waals surface area (Å²) in [4.78, 5) is 33.3. The quantitative estimate of drug-likeness (QED) is 0.424. The van der Waals surface area contributed by atoms with Gasteiger partial charge in [-0.1, -0.05) is 32.9 Å². The molecule has 4 heterocycles. The summed E-state index contributed by atoms with van der Waals surface area (Å²) in [7, 11) is 1.46. The van der Waals surface area contributed by atoms with Crippen LogP contribution in [0.2, 0.25) is 0 Å². The van der Waals surface area contributed by atoms with Gasteiger partial charge in [0.15, 0.2) is 0 Å². The van der Waals surface area contributed by atoms with Crippen LogP contribution in [0.3, 0.4) is 0 Å². The van der Waals surface area contributed by atoms with Crippen molar-refractivity contribution in [3.8, 4) is 22.9 Å². The Labute approximate surface area is 246 Å². The van der Waals surface area contributed by atoms with E-state index >= 15 is 0 Å². The van der Waals surface area contributed by atoms with Crippen molar-refractivity contribution in [3.05, 3.63) is 76.6 Å². The lowest BCUT2D eigenvalue weighted by Crippen LogP contribution is -2.31. The molecule has 0 spiro atoms. The number of anilines is 1. The average molecular weight is 565 g/mol. The van der Waals surface area contributed by atoms with Gasteiger partial charge in [0.2, 0.25) is 0 Å². The van der Waals surface area contributed by atoms with E-state index in [0.29, 0.717) is 40.9 Å². The number of nitriles is 1. The Morgan fingerprint density at radius 2 is 1.74 bits per heavy atom. The third-order valence-electron chi connectivity index (χ3n) is 9.05. The first-order chi connectivity index (χ1) is 20.1. The molecule has 1 aromatic heterocycles. The van der Waals surface area contributed by atoms with E-state index in [1.54, 1.807) is 18.3 Å². The van der Waals surface area contributed by atoms with Crippen LogP contribution in [-0.4, -0.2) is 54.1 Å². The molecule has 3 fully saturated rings. The van der Waals surface area contributed by atoms with Crippen LogP contribution in [0, 0.1) is 30.1 Å². The van der Waals surface area contributed by atoms with E-state index in [0.717, 1.165) is 48.3 Å². The molecule has 2 amide bonds. The largest absolute Gasteiger partial charge is 0.495 e. The molecule has 4 atom stereocenters. The van der Waals surface area contributed by atoms with Crippen molar-refractivity contribution >= 4 is 17.5 Å². The molecule has 3 aliphatic heterocycles. The molecule has 1 N–H and O–H groups in total. The van der Waals surface area contributed by atoms with Gasteiger partial charge in [0.05, 0.1) is 42.3 Å². The number of amides is 2. The Kier molecular flexibility index (Phi) is 7.02. The van der Waals surface area contributed by atoms with Gasteiger partial charge in [0.25, 0.3) is 11.8 Å². The number of methoxy groups -OCH3 is 1. The predicted octanol–water partition coefficient (Wildman–Crippen LogP) is 5.74. The highest BCUT2D eigenvalue weighted by molar-refractivity contribution is 6.07. The number of carbonyl (C=O) groups is 2. The smallest absolute Gasteiger partial charge is 0.259 e. The van der Waals surface area contributed by atoms with E-state index < -0.39 is 0 Å². The Balaban J connectivity index is 1.21. The maximum absolute atomic E-state index is 13.5. The Morgan fingerprint density at radius 1 is 1.07 bits per heavy atom. The molecule has 2 aromatic carbocycles. The van der Waals surface area contributed by atoms with Gasteiger partial charge in [0.1, 0.15) is 11.8 Å². The second-order valence-corrected chi connectivity index (χ2v) is 12.7. The Hall–Kier alpha value is -4.22. The minimum Gasteiger partial charge on any atom is -0.495 e. The van der Waals surface area contributed by atoms with Gasteiger partial charge in [-0.15, -0.1) is 0 Å². The number of nitrogens with zero attached hydrogens (tertiary/aromatic N) is 3. The maximum Gasteiger partial charge on any atom is 0.259 e. The molecule has 0 saturated carbocycles. The molecule has 4 unspecified atom stereocenters. The SMILES string of the molecule is COc1c(C#N)cc(C(C)(C)C)cc1C(=O)Nc1cnc(C)c(-c2ccc(C(=O)N3CC4C5CCC(O5)C4C3)cc2)c1. The molecule has 3 aromatic rings. The third kappa shape index (κ3) is 4.92. The maximum atomic E-state index is 13.5. The molecule has 0 radical (unpaired) electrons. The number of nitrogens with one attached hydrogen (secondary N) is 1. The summed E-state index contributed by atoms with van der Waals surface area (Å²) in [5.74, 6) is 0.864. The molecule has 3 aliphatic rings. The zero-order valence-electron chi connectivity index (χ0n) is 24.7. The zero-order valence-corrected chi connectivity index (χ0v) is 24.7. The number of ether oxygens (including phenoxy) is 2. The van der Waals surface area contributed by atoms with Crippen LogP contribution in [0.4, 0.5) is 5.69 Å². The van der Waals surface area contributed by atoms with E-state index in [9.17, 15) is 14.9 Å². The van der Waals surface area contributed by atoms with Crippen LogP contribution in [-0.2, 0) is 10.2 Å². The number of hydrogen-bond acceptors (Lipinski definition) is 6. The van der Waals surface area contributed by atoms with Crippen LogP contribution in [0.25, 0.3) is 11.1 Å². The number of fused-ring (bicyclic) bond motifs is 5. The first kappa shape index (κ1) is 27.9. The van der Waals surface area contributed by atoms with E-state index in [2.05, 4.69) is 16.4 Å². The number of aromatic nitrogens is 1. The van der Waals surface area contributed by atoms with E-state index in [4.69, 9.17) is 9.47 Å². The number of rotatable bonds is 5. The summed E-state index contributed by atoms with van der Waals surface area (Å²) in [6.45, 7) is 9.55. The zero-order chi connectivity index (χ0) is 29.8. The highest BCUT2D eigenvalue weighted by Crippen LogP contribution is 2.47. The molecule has 216 valence electrons. The Morgan fingerprint density at radius 3 is 2.33 bits per heavy atom. The van der Waals surface area contributed by atoms with Gasteiger partial charge in [0, 0.05) is 41.7 Å². The first-order valence-corrected chi connectivity index (χ1v) is 14.5. The second kappa shape index (κ2) is 10.6. The van der Waals surface area contributed by atoms with Gasteiger partial charge < -0.3 is 19.7 Å². The molecule has 3 saturated heterocycles. The number of hydrogen-bond donors (Lipinski definition) is 1. The summed E-state index contributed by atoms with van der Waals surface area (Å²) in [5, 5.41) is 12.6. The number of benzene rings is 2. The predicted molar refractivity (Wildman–Crippen MR) is 160 cm³/mol. The second-order valence-electron chi connectivity index (χ2n) is 12.7. The van der Waals surface area contributed by atoms with Crippen LogP contribution in [0.1, 0.15) is 71.1 Å². The topological polar surface area (TPSA) is 105 Å². The average Bonchev–Trinajstić information content (AvgIpc) is 3.71. The number of likely N-dealkylation sites (tertiary alicyclic amines) is 1. The number of aryl methyl sites for hydroxylation is 1. The normalized spacial score (nSPS) is 22.5. The lowest BCUT2D eigenvalue weighted by atomic mass is 9.82. The van der Waals surface area contributed by atoms with Crippen LogP contribution >= 0.6 is 0 Å². The monoisotopic (exact) mass is 564 g/mol. The first-order valence-electron chi connectivity index (χ1n) is 14.5. The van der Waals surface area contributed by atoms with Crippen molar-refractivity contribution in [2.75, 3.05) is 25.5 Å². The van der Waals surface area contributed by atoms with Crippen LogP contribution in [0.15, 0.2) is 48.7 Å². The van der Waals surface area contributed by atoms with Gasteiger partial charge in [-0.25, -0.2) is 0 Å².